The van der Waals surface area contributed by atoms with Gasteiger partial charge in [0.1, 0.15) is 35.1 Å². The quantitative estimate of drug-likeness (QED) is 0.0200. The number of amides is 10. The van der Waals surface area contributed by atoms with E-state index in [-0.39, 0.29) is 136 Å². The Balaban J connectivity index is 1.64. The molecule has 2 aromatic rings. The summed E-state index contributed by atoms with van der Waals surface area (Å²) in [5.41, 5.74) is -0.535. The van der Waals surface area contributed by atoms with Crippen LogP contribution in [0.5, 0.6) is 5.75 Å². The lowest BCUT2D eigenvalue weighted by Gasteiger charge is -2.38. The molecule has 506 valence electrons. The summed E-state index contributed by atoms with van der Waals surface area (Å²) in [6, 6.07) is 1.06. The number of unbranched alkanes of at least 4 members (excludes halogenated alkanes) is 1. The van der Waals surface area contributed by atoms with Crippen molar-refractivity contribution in [3.05, 3.63) is 52.0 Å². The maximum atomic E-state index is 14.3. The zero-order valence-electron chi connectivity index (χ0n) is 54.5. The number of carbonyl (C=O) groups is 12. The second-order valence-corrected chi connectivity index (χ2v) is 24.5. The van der Waals surface area contributed by atoms with Crippen molar-refractivity contribution in [1.82, 2.24) is 51.6 Å². The van der Waals surface area contributed by atoms with Crippen LogP contribution < -0.4 is 37.2 Å². The van der Waals surface area contributed by atoms with Gasteiger partial charge in [0.2, 0.25) is 41.4 Å². The van der Waals surface area contributed by atoms with Crippen molar-refractivity contribution < 1.29 is 82.0 Å². The van der Waals surface area contributed by atoms with E-state index >= 15 is 0 Å². The molecule has 0 bridgehead atoms. The lowest BCUT2D eigenvalue weighted by Crippen LogP contribution is -2.60. The lowest BCUT2D eigenvalue weighted by molar-refractivity contribution is -0.149. The van der Waals surface area contributed by atoms with E-state index in [2.05, 4.69) is 42.2 Å². The van der Waals surface area contributed by atoms with E-state index in [1.54, 1.807) is 44.8 Å². The second kappa shape index (κ2) is 38.7. The van der Waals surface area contributed by atoms with Gasteiger partial charge in [-0.1, -0.05) is 47.1 Å². The Morgan fingerprint density at radius 2 is 1.47 bits per heavy atom. The number of esters is 1. The molecule has 28 nitrogen and oxygen atoms in total. The monoisotopic (exact) mass is 1300 g/mol. The van der Waals surface area contributed by atoms with Crippen LogP contribution in [0.1, 0.15) is 147 Å². The minimum Gasteiger partial charge on any atom is -0.506 e. The maximum Gasteiger partial charge on any atom is 0.306 e. The van der Waals surface area contributed by atoms with Crippen molar-refractivity contribution in [2.75, 3.05) is 79.6 Å². The van der Waals surface area contributed by atoms with Crippen LogP contribution in [0.4, 0.5) is 5.69 Å². The van der Waals surface area contributed by atoms with Gasteiger partial charge in [-0.15, -0.1) is 11.3 Å². The number of methoxy groups -OCH3 is 1. The number of phenolic OH excluding ortho intramolecular Hbond substituents is 1. The molecule has 1 aromatic heterocycles. The number of anilines is 1. The summed E-state index contributed by atoms with van der Waals surface area (Å²) in [4.78, 5) is 164. The third kappa shape index (κ3) is 26.5. The Morgan fingerprint density at radius 3 is 2.10 bits per heavy atom. The first kappa shape index (κ1) is 77.4. The Morgan fingerprint density at radius 1 is 0.802 bits per heavy atom. The molecule has 10 amide bonds. The lowest BCUT2D eigenvalue weighted by atomic mass is 9.92. The van der Waals surface area contributed by atoms with Crippen LogP contribution in [-0.4, -0.2) is 205 Å². The van der Waals surface area contributed by atoms with Gasteiger partial charge >= 0.3 is 11.9 Å². The van der Waals surface area contributed by atoms with Gasteiger partial charge < -0.3 is 66.5 Å². The number of phenols is 1. The average Bonchev–Trinajstić information content (AvgIpc) is 1.69. The standard InChI is InChI=1S/C62H95N11O17S/c1-13-38(4)55(70-61(87)62(7,8)71(9)10)59(84)72(11)46(37(2)3)33-48(90-40(6)74)58-69-45(36-91-58)57(83)66-42(30-39(5)60(85)86)31-41-21-22-47(75)44(32-41)68-51(78)34-65-49(76)19-16-26-64-56(82)43(18-14-15-25-63-52(79)35-89-29-28-88-12)67-50(77)20-17-27-73-53(80)23-24-54(73)81/h21-24,32,36-39,42-43,46,48,55,75H,13-20,25-31,33-35H2,1-12H3,(H,63,79)(H,64,82)(H,65,76)(H,66,83)(H,67,77)(H,68,78)(H,70,87)(H,85,86)/t38-,39-,42+,43-,46+,48+,55-/m0/s1. The molecule has 7 atom stereocenters. The number of hydrogen-bond acceptors (Lipinski definition) is 19. The van der Waals surface area contributed by atoms with E-state index in [0.29, 0.717) is 31.4 Å². The number of nitrogens with one attached hydrogen (secondary N) is 7. The topological polar surface area (TPSA) is 380 Å². The number of benzene rings is 1. The highest BCUT2D eigenvalue weighted by Gasteiger charge is 2.39. The van der Waals surface area contributed by atoms with Crippen molar-refractivity contribution in [3.8, 4) is 5.75 Å². The predicted molar refractivity (Wildman–Crippen MR) is 337 cm³/mol. The molecular weight excluding hydrogens is 1200 g/mol. The van der Waals surface area contributed by atoms with Gasteiger partial charge in [0, 0.05) is 89.6 Å². The van der Waals surface area contributed by atoms with Gasteiger partial charge in [-0.3, -0.25) is 67.3 Å². The maximum absolute atomic E-state index is 14.3. The van der Waals surface area contributed by atoms with Gasteiger partial charge in [0.25, 0.3) is 17.7 Å². The van der Waals surface area contributed by atoms with Crippen LogP contribution in [0.2, 0.25) is 0 Å². The van der Waals surface area contributed by atoms with Crippen LogP contribution in [0.25, 0.3) is 0 Å². The minimum atomic E-state index is -1.12. The number of aliphatic carboxylic acids is 1. The minimum absolute atomic E-state index is 0.0158. The van der Waals surface area contributed by atoms with E-state index in [1.807, 2.05) is 27.7 Å². The molecule has 0 radical (unpaired) electrons. The molecule has 0 unspecified atom stereocenters. The summed E-state index contributed by atoms with van der Waals surface area (Å²) in [5, 5.41) is 41.4. The number of ether oxygens (including phenoxy) is 3. The second-order valence-electron chi connectivity index (χ2n) is 23.7. The zero-order chi connectivity index (χ0) is 68.1. The fourth-order valence-corrected chi connectivity index (χ4v) is 10.2. The largest absolute Gasteiger partial charge is 0.506 e. The van der Waals surface area contributed by atoms with Crippen LogP contribution in [-0.2, 0) is 73.4 Å². The molecule has 91 heavy (non-hydrogen) atoms. The molecule has 1 aromatic carbocycles. The number of aromatic nitrogens is 1. The molecule has 1 aliphatic heterocycles. The van der Waals surface area contributed by atoms with Crippen LogP contribution in [0.15, 0.2) is 35.7 Å². The average molecular weight is 1300 g/mol. The van der Waals surface area contributed by atoms with E-state index in [0.717, 1.165) is 28.4 Å². The Hall–Kier alpha value is -7.89. The molecule has 9 N–H and O–H groups in total. The van der Waals surface area contributed by atoms with Crippen molar-refractivity contribution in [3.63, 3.8) is 0 Å². The third-order valence-electron chi connectivity index (χ3n) is 15.6. The Labute approximate surface area is 536 Å². The van der Waals surface area contributed by atoms with Gasteiger partial charge in [-0.25, -0.2) is 4.98 Å². The number of likely N-dealkylation sites (N-methyl/N-ethyl adjacent to an activating group) is 2. The summed E-state index contributed by atoms with van der Waals surface area (Å²) in [5.74, 6) is -8.29. The van der Waals surface area contributed by atoms with Crippen molar-refractivity contribution in [2.45, 2.75) is 162 Å². The number of nitrogens with zero attached hydrogens (tertiary/aromatic N) is 4. The first-order chi connectivity index (χ1) is 42.9. The number of carboxylic acid groups (broad SMARTS) is 1. The van der Waals surface area contributed by atoms with Crippen molar-refractivity contribution >= 4 is 88.0 Å². The molecule has 0 fully saturated rings. The van der Waals surface area contributed by atoms with E-state index in [9.17, 15) is 67.7 Å². The number of hydrogen-bond donors (Lipinski definition) is 9. The van der Waals surface area contributed by atoms with Gasteiger partial charge in [-0.05, 0) is 102 Å². The summed E-state index contributed by atoms with van der Waals surface area (Å²) < 4.78 is 15.9. The normalized spacial score (nSPS) is 14.5. The fourth-order valence-electron chi connectivity index (χ4n) is 9.39. The summed E-state index contributed by atoms with van der Waals surface area (Å²) >= 11 is 1.06. The van der Waals surface area contributed by atoms with E-state index in [1.165, 1.54) is 44.5 Å². The molecule has 0 saturated carbocycles. The van der Waals surface area contributed by atoms with E-state index < -0.39 is 102 Å². The number of carboxylic acids is 1. The summed E-state index contributed by atoms with van der Waals surface area (Å²) in [7, 11) is 6.70. The van der Waals surface area contributed by atoms with Crippen molar-refractivity contribution in [1.29, 1.82) is 0 Å². The number of rotatable bonds is 42. The number of thiazole rings is 1. The van der Waals surface area contributed by atoms with Crippen LogP contribution >= 0.6 is 11.3 Å². The zero-order valence-corrected chi connectivity index (χ0v) is 55.3. The predicted octanol–water partition coefficient (Wildman–Crippen LogP) is 2.74. The van der Waals surface area contributed by atoms with E-state index in [4.69, 9.17) is 14.2 Å². The highest BCUT2D eigenvalue weighted by atomic mass is 32.1. The molecular formula is C62H95N11O17S. The molecule has 29 heteroatoms. The fraction of sp³-hybridized carbons (Fsp3) is 0.629. The SMILES string of the molecule is CC[C@H](C)[C@H](NC(=O)C(C)(C)N(C)C)C(=O)N(C)[C@H](C[C@@H](OC(C)=O)c1nc(C(=O)N[C@@H](Cc2ccc(O)c(NC(=O)CNC(=O)CCCNC(=O)[C@H](CCCCNC(=O)COCCOC)NC(=O)CCCN3C(=O)C=CC3=O)c2)C[C@H](C)C(=O)O)cs1)C(C)C. The first-order valence-electron chi connectivity index (χ1n) is 30.6. The number of imide groups is 1. The smallest absolute Gasteiger partial charge is 0.306 e. The molecule has 0 aliphatic carbocycles. The van der Waals surface area contributed by atoms with Gasteiger partial charge in [-0.2, -0.15) is 0 Å². The highest BCUT2D eigenvalue weighted by molar-refractivity contribution is 7.09. The molecule has 3 rings (SSSR count). The third-order valence-corrected chi connectivity index (χ3v) is 16.6. The molecule has 2 heterocycles. The van der Waals surface area contributed by atoms with Crippen LogP contribution in [0.3, 0.4) is 0 Å². The van der Waals surface area contributed by atoms with Gasteiger partial charge in [0.05, 0.1) is 36.9 Å². The molecule has 0 saturated heterocycles. The Kier molecular flexibility index (Phi) is 32.9. The summed E-state index contributed by atoms with van der Waals surface area (Å²) in [6.07, 6.45) is 3.16. The highest BCUT2D eigenvalue weighted by Crippen LogP contribution is 2.32. The summed E-state index contributed by atoms with van der Waals surface area (Å²) in [6.45, 7) is 14.1. The number of aromatic hydroxyl groups is 1. The molecule has 0 spiro atoms. The molecule has 1 aliphatic rings. The number of carbonyl (C=O) groups excluding carboxylic acids is 11. The van der Waals surface area contributed by atoms with Gasteiger partial charge in [0.15, 0.2) is 6.10 Å². The first-order valence-corrected chi connectivity index (χ1v) is 31.5. The Bertz CT molecular complexity index is 2840. The van der Waals surface area contributed by atoms with Crippen molar-refractivity contribution in [2.24, 2.45) is 17.8 Å². The van der Waals surface area contributed by atoms with Crippen LogP contribution in [0, 0.1) is 17.8 Å².